The normalized spacial score (nSPS) is 18.8. The third-order valence-corrected chi connectivity index (χ3v) is 20.7. The fraction of sp³-hybridized carbons (Fsp3) is 0.222. The quantitative estimate of drug-likeness (QED) is 0.0720. The van der Waals surface area contributed by atoms with Gasteiger partial charge in [-0.25, -0.2) is 44.9 Å². The summed E-state index contributed by atoms with van der Waals surface area (Å²) in [6.45, 7) is 4.23. The minimum absolute atomic E-state index is 0.233. The molecular formula is C81H74N16O2. The smallest absolute Gasteiger partial charge is 0.150 e. The van der Waals surface area contributed by atoms with E-state index in [-0.39, 0.29) is 13.2 Å². The Morgan fingerprint density at radius 1 is 0.354 bits per heavy atom. The van der Waals surface area contributed by atoms with E-state index >= 15 is 0 Å². The number of rotatable bonds is 13. The van der Waals surface area contributed by atoms with Gasteiger partial charge in [0, 0.05) is 124 Å². The topological polar surface area (TPSA) is 251 Å². The van der Waals surface area contributed by atoms with Crippen molar-refractivity contribution >= 4 is 66.7 Å². The third kappa shape index (κ3) is 11.7. The lowest BCUT2D eigenvalue weighted by Gasteiger charge is -2.41. The lowest BCUT2D eigenvalue weighted by atomic mass is 9.74. The Hall–Kier alpha value is -11.3. The first-order chi connectivity index (χ1) is 48.6. The van der Waals surface area contributed by atoms with Crippen LogP contribution in [0.1, 0.15) is 80.2 Å². The van der Waals surface area contributed by atoms with E-state index in [0.29, 0.717) is 47.0 Å². The molecule has 9 aromatic heterocycles. The van der Waals surface area contributed by atoms with Gasteiger partial charge in [-0.2, -0.15) is 0 Å². The zero-order chi connectivity index (χ0) is 66.7. The number of anilines is 3. The summed E-state index contributed by atoms with van der Waals surface area (Å²) in [6, 6.07) is 62.0. The third-order valence-electron chi connectivity index (χ3n) is 20.7. The maximum absolute atomic E-state index is 9.43. The maximum atomic E-state index is 9.43. The Labute approximate surface area is 571 Å². The number of aliphatic hydroxyl groups excluding tert-OH is 2. The van der Waals surface area contributed by atoms with Crippen molar-refractivity contribution < 1.29 is 10.2 Å². The second-order valence-corrected chi connectivity index (χ2v) is 27.1. The van der Waals surface area contributed by atoms with E-state index in [1.54, 1.807) is 18.6 Å². The summed E-state index contributed by atoms with van der Waals surface area (Å²) < 4.78 is 6.29. The minimum Gasteiger partial charge on any atom is -0.396 e. The number of nitrogens with zero attached hydrogens (tertiary/aromatic N) is 13. The van der Waals surface area contributed by atoms with E-state index in [0.717, 1.165) is 166 Å². The van der Waals surface area contributed by atoms with E-state index in [4.69, 9.17) is 47.1 Å². The van der Waals surface area contributed by atoms with Gasteiger partial charge in [-0.3, -0.25) is 13.2 Å². The molecule has 4 fully saturated rings. The number of nitrogens with two attached hydrogens (primary N) is 3. The summed E-state index contributed by atoms with van der Waals surface area (Å²) in [5.41, 5.74) is 36.0. The molecule has 0 atom stereocenters. The number of hydrogen-bond donors (Lipinski definition) is 5. The van der Waals surface area contributed by atoms with Gasteiger partial charge < -0.3 is 32.3 Å². The van der Waals surface area contributed by atoms with Gasteiger partial charge in [0.15, 0.2) is 0 Å². The molecule has 3 saturated carbocycles. The molecule has 18 heteroatoms. The molecule has 3 aliphatic carbocycles. The fourth-order valence-electron chi connectivity index (χ4n) is 15.0. The Morgan fingerprint density at radius 3 is 0.970 bits per heavy atom. The van der Waals surface area contributed by atoms with Crippen LogP contribution >= 0.6 is 0 Å². The number of pyridine rings is 3. The van der Waals surface area contributed by atoms with Crippen LogP contribution < -0.4 is 17.2 Å². The first kappa shape index (κ1) is 61.3. The average Bonchev–Trinajstić information content (AvgIpc) is 1.62. The number of aliphatic hydroxyl groups is 2. The molecule has 99 heavy (non-hydrogen) atoms. The number of nitrogen functional groups attached to an aromatic ring is 3. The monoisotopic (exact) mass is 1300 g/mol. The van der Waals surface area contributed by atoms with Crippen LogP contribution in [0, 0.1) is 17.8 Å². The van der Waals surface area contributed by atoms with Crippen LogP contribution in [-0.2, 0) is 0 Å². The molecule has 6 aromatic carbocycles. The highest BCUT2D eigenvalue weighted by atomic mass is 16.3. The largest absolute Gasteiger partial charge is 0.396 e. The molecule has 0 unspecified atom stereocenters. The van der Waals surface area contributed by atoms with E-state index in [2.05, 4.69) is 160 Å². The molecule has 10 heterocycles. The molecule has 19 rings (SSSR count). The van der Waals surface area contributed by atoms with Crippen molar-refractivity contribution in [2.24, 2.45) is 17.8 Å². The van der Waals surface area contributed by atoms with E-state index in [1.807, 2.05) is 73.2 Å². The highest BCUT2D eigenvalue weighted by Gasteiger charge is 2.38. The number of fused-ring (bicyclic) bond motifs is 6. The van der Waals surface area contributed by atoms with Crippen molar-refractivity contribution in [3.63, 3.8) is 0 Å². The standard InChI is InChI=1S/C29H28N6.2C26H23N5O/c30-28-27-26(22-8-7-21-9-10-24(32-25(21)17-22)20-5-2-1-3-6-20)33-29(35(27)14-11-31-28)23-15-19(16-23)18-34-12-4-13-34;2*27-25-24-23(30-26(31(24)11-10-28-25)20-12-16(13-20)15-32)19-7-6-18-8-9-21(29-22(18)14-19)17-4-2-1-3-5-17/h1-3,5-11,14,17,19,23H,4,12-13,15-16,18H2,(H2,30,31);2*1-11,14,16,20,32H,12-13,15H2,(H2,27,28). The highest BCUT2D eigenvalue weighted by Crippen LogP contribution is 2.47. The molecule has 8 N–H and O–H groups in total. The number of benzene rings is 6. The van der Waals surface area contributed by atoms with Crippen molar-refractivity contribution in [2.75, 3.05) is 50.0 Å². The van der Waals surface area contributed by atoms with Crippen molar-refractivity contribution in [1.29, 1.82) is 0 Å². The second-order valence-electron chi connectivity index (χ2n) is 27.1. The van der Waals surface area contributed by atoms with Crippen LogP contribution in [0.5, 0.6) is 0 Å². The van der Waals surface area contributed by atoms with Crippen LogP contribution in [0.2, 0.25) is 0 Å². The Balaban J connectivity index is 0.000000111. The second kappa shape index (κ2) is 25.9. The van der Waals surface area contributed by atoms with E-state index in [1.165, 1.54) is 38.9 Å². The van der Waals surface area contributed by atoms with Gasteiger partial charge in [0.1, 0.15) is 68.6 Å². The van der Waals surface area contributed by atoms with Crippen molar-refractivity contribution in [2.45, 2.75) is 62.7 Å². The number of hydrogen-bond acceptors (Lipinski definition) is 15. The van der Waals surface area contributed by atoms with Gasteiger partial charge in [-0.05, 0) is 112 Å². The molecule has 15 aromatic rings. The fourth-order valence-corrected chi connectivity index (χ4v) is 15.0. The van der Waals surface area contributed by atoms with Gasteiger partial charge in [0.2, 0.25) is 0 Å². The van der Waals surface area contributed by atoms with Crippen LogP contribution in [0.25, 0.3) is 117 Å². The van der Waals surface area contributed by atoms with Crippen molar-refractivity contribution in [3.8, 4) is 67.5 Å². The average molecular weight is 1300 g/mol. The summed E-state index contributed by atoms with van der Waals surface area (Å²) in [5, 5.41) is 22.1. The van der Waals surface area contributed by atoms with E-state index < -0.39 is 0 Å². The molecule has 0 bridgehead atoms. The lowest BCUT2D eigenvalue weighted by molar-refractivity contribution is 0.107. The minimum atomic E-state index is 0.233. The zero-order valence-corrected chi connectivity index (χ0v) is 54.7. The molecule has 18 nitrogen and oxygen atoms in total. The van der Waals surface area contributed by atoms with Gasteiger partial charge in [0.25, 0.3) is 0 Å². The summed E-state index contributed by atoms with van der Waals surface area (Å²) >= 11 is 0. The van der Waals surface area contributed by atoms with Crippen LogP contribution in [0.15, 0.2) is 219 Å². The summed E-state index contributed by atoms with van der Waals surface area (Å²) in [6.07, 6.45) is 18.6. The van der Waals surface area contributed by atoms with Gasteiger partial charge >= 0.3 is 0 Å². The molecule has 1 aliphatic heterocycles. The Kier molecular flexibility index (Phi) is 16.1. The lowest BCUT2D eigenvalue weighted by Crippen LogP contribution is -2.43. The molecule has 0 radical (unpaired) electrons. The van der Waals surface area contributed by atoms with E-state index in [9.17, 15) is 10.2 Å². The first-order valence-corrected chi connectivity index (χ1v) is 34.4. The molecule has 0 spiro atoms. The number of aromatic nitrogens is 12. The Bertz CT molecular complexity index is 5260. The summed E-state index contributed by atoms with van der Waals surface area (Å²) in [7, 11) is 0. The van der Waals surface area contributed by atoms with Crippen LogP contribution in [0.3, 0.4) is 0 Å². The first-order valence-electron chi connectivity index (χ1n) is 34.4. The van der Waals surface area contributed by atoms with Gasteiger partial charge in [0.05, 0.1) is 33.6 Å². The van der Waals surface area contributed by atoms with Gasteiger partial charge in [-0.1, -0.05) is 146 Å². The predicted molar refractivity (Wildman–Crippen MR) is 392 cm³/mol. The maximum Gasteiger partial charge on any atom is 0.150 e. The van der Waals surface area contributed by atoms with Crippen molar-refractivity contribution in [3.05, 3.63) is 237 Å². The number of imidazole rings is 3. The van der Waals surface area contributed by atoms with Crippen molar-refractivity contribution in [1.82, 2.24) is 63.0 Å². The highest BCUT2D eigenvalue weighted by molar-refractivity contribution is 5.94. The molecule has 490 valence electrons. The van der Waals surface area contributed by atoms with Crippen LogP contribution in [-0.4, -0.2) is 106 Å². The Morgan fingerprint density at radius 2 is 0.667 bits per heavy atom. The molecule has 1 saturated heterocycles. The zero-order valence-electron chi connectivity index (χ0n) is 54.7. The molecule has 0 amide bonds. The predicted octanol–water partition coefficient (Wildman–Crippen LogP) is 14.8. The van der Waals surface area contributed by atoms with Gasteiger partial charge in [-0.15, -0.1) is 0 Å². The number of likely N-dealkylation sites (tertiary alicyclic amines) is 1. The SMILES string of the molecule is Nc1nccn2c(C3CC(CN4CCC4)C3)nc(-c3ccc4ccc(-c5ccccc5)nc4c3)c12.Nc1nccn2c(C3CC(CO)C3)nc(-c3ccc4ccc(-c5ccccc5)nc4c3)c12.Nc1nccn2c(C3CC(CO)C3)nc(-c3ccc4ccc(-c5ccccc5)nc4c3)c12. The summed E-state index contributed by atoms with van der Waals surface area (Å²) in [5.74, 6) is 7.11. The molecular weight excluding hydrogens is 1230 g/mol. The van der Waals surface area contributed by atoms with Crippen LogP contribution in [0.4, 0.5) is 17.5 Å². The molecule has 4 aliphatic rings. The summed E-state index contributed by atoms with van der Waals surface area (Å²) in [4.78, 5) is 45.6.